The van der Waals surface area contributed by atoms with Crippen molar-refractivity contribution < 1.29 is 35.9 Å². The van der Waals surface area contributed by atoms with Gasteiger partial charge in [-0.05, 0) is 48.2 Å². The second kappa shape index (κ2) is 8.32. The lowest BCUT2D eigenvalue weighted by atomic mass is 10.0. The molecule has 0 aromatic heterocycles. The van der Waals surface area contributed by atoms with Gasteiger partial charge >= 0.3 is 18.4 Å². The van der Waals surface area contributed by atoms with Crippen molar-refractivity contribution in [3.8, 4) is 5.75 Å². The van der Waals surface area contributed by atoms with Gasteiger partial charge in [0.05, 0.1) is 24.3 Å². The Balaban J connectivity index is 1.90. The van der Waals surface area contributed by atoms with Crippen molar-refractivity contribution in [3.05, 3.63) is 59.2 Å². The molecule has 1 aliphatic heterocycles. The Morgan fingerprint density at radius 3 is 2.19 bits per heavy atom. The second-order valence-electron chi connectivity index (χ2n) is 7.51. The van der Waals surface area contributed by atoms with E-state index in [4.69, 9.17) is 4.74 Å². The van der Waals surface area contributed by atoms with Gasteiger partial charge in [-0.1, -0.05) is 19.1 Å². The number of likely N-dealkylation sites (tertiary alicyclic amines) is 1. The van der Waals surface area contributed by atoms with E-state index in [2.05, 4.69) is 5.32 Å². The third-order valence-corrected chi connectivity index (χ3v) is 5.09. The summed E-state index contributed by atoms with van der Waals surface area (Å²) in [5, 5.41) is 2.21. The van der Waals surface area contributed by atoms with Crippen LogP contribution in [0.1, 0.15) is 36.1 Å². The number of rotatable bonds is 3. The zero-order chi connectivity index (χ0) is 23.0. The van der Waals surface area contributed by atoms with Gasteiger partial charge in [0.1, 0.15) is 5.75 Å². The number of nitrogens with one attached hydrogen (secondary N) is 1. The van der Waals surface area contributed by atoms with Crippen molar-refractivity contribution in [2.45, 2.75) is 31.7 Å². The Kier molecular flexibility index (Phi) is 6.11. The quantitative estimate of drug-likeness (QED) is 0.559. The molecule has 1 N–H and O–H groups in total. The molecule has 1 heterocycles. The van der Waals surface area contributed by atoms with E-state index in [-0.39, 0.29) is 12.0 Å². The Hall–Kier alpha value is -2.91. The molecule has 10 heteroatoms. The van der Waals surface area contributed by atoms with Gasteiger partial charge in [0, 0.05) is 12.2 Å². The number of ether oxygens (including phenoxy) is 1. The summed E-state index contributed by atoms with van der Waals surface area (Å²) in [5.41, 5.74) is -2.79. The monoisotopic (exact) mass is 446 g/mol. The summed E-state index contributed by atoms with van der Waals surface area (Å²) in [6.45, 7) is 2.21. The van der Waals surface area contributed by atoms with Crippen molar-refractivity contribution in [1.29, 1.82) is 0 Å². The smallest absolute Gasteiger partial charge is 0.416 e. The second-order valence-corrected chi connectivity index (χ2v) is 7.51. The Morgan fingerprint density at radius 1 is 1.03 bits per heavy atom. The van der Waals surface area contributed by atoms with E-state index in [1.165, 1.54) is 12.0 Å². The lowest BCUT2D eigenvalue weighted by Gasteiger charge is -2.26. The Morgan fingerprint density at radius 2 is 1.65 bits per heavy atom. The van der Waals surface area contributed by atoms with Crippen molar-refractivity contribution in [1.82, 2.24) is 4.90 Å². The molecule has 2 amide bonds. The molecule has 0 aliphatic carbocycles. The third kappa shape index (κ3) is 5.23. The number of carbonyl (C=O) groups is 1. The first kappa shape index (κ1) is 22.8. The molecule has 31 heavy (non-hydrogen) atoms. The number of amides is 2. The minimum Gasteiger partial charge on any atom is -0.497 e. The van der Waals surface area contributed by atoms with Gasteiger partial charge in [0.15, 0.2) is 0 Å². The first-order valence-corrected chi connectivity index (χ1v) is 9.39. The van der Waals surface area contributed by atoms with E-state index in [0.717, 1.165) is 5.56 Å². The SMILES string of the molecule is COc1cccc([C@@H]2CC(C)CN2C(=O)Nc2cc(C(F)(F)F)cc(C(F)(F)F)c2)c1. The van der Waals surface area contributed by atoms with Gasteiger partial charge in [0.25, 0.3) is 0 Å². The highest BCUT2D eigenvalue weighted by molar-refractivity contribution is 5.90. The molecule has 3 rings (SSSR count). The van der Waals surface area contributed by atoms with Crippen LogP contribution in [-0.4, -0.2) is 24.6 Å². The van der Waals surface area contributed by atoms with Crippen LogP contribution in [0.4, 0.5) is 36.8 Å². The van der Waals surface area contributed by atoms with Crippen LogP contribution in [0.3, 0.4) is 0 Å². The molecule has 4 nitrogen and oxygen atoms in total. The maximum Gasteiger partial charge on any atom is 0.416 e. The van der Waals surface area contributed by atoms with Crippen molar-refractivity contribution >= 4 is 11.7 Å². The molecule has 0 saturated carbocycles. The number of carbonyl (C=O) groups excluding carboxylic acids is 1. The average Bonchev–Trinajstić information content (AvgIpc) is 3.08. The first-order chi connectivity index (χ1) is 14.4. The molecule has 0 spiro atoms. The molecular formula is C21H20F6N2O2. The molecule has 0 bridgehead atoms. The van der Waals surface area contributed by atoms with Crippen LogP contribution in [-0.2, 0) is 12.4 Å². The number of urea groups is 1. The van der Waals surface area contributed by atoms with E-state index in [1.54, 1.807) is 24.3 Å². The fraction of sp³-hybridized carbons (Fsp3) is 0.381. The number of hydrogen-bond acceptors (Lipinski definition) is 2. The van der Waals surface area contributed by atoms with Crippen LogP contribution in [0.25, 0.3) is 0 Å². The summed E-state index contributed by atoms with van der Waals surface area (Å²) in [5.74, 6) is 0.666. The van der Waals surface area contributed by atoms with Crippen LogP contribution >= 0.6 is 0 Å². The summed E-state index contributed by atoms with van der Waals surface area (Å²) in [4.78, 5) is 14.3. The lowest BCUT2D eigenvalue weighted by molar-refractivity contribution is -0.143. The van der Waals surface area contributed by atoms with Crippen LogP contribution in [0.15, 0.2) is 42.5 Å². The van der Waals surface area contributed by atoms with Gasteiger partial charge in [-0.3, -0.25) is 0 Å². The van der Waals surface area contributed by atoms with Crippen molar-refractivity contribution in [2.24, 2.45) is 5.92 Å². The highest BCUT2D eigenvalue weighted by atomic mass is 19.4. The summed E-state index contributed by atoms with van der Waals surface area (Å²) in [6, 6.07) is 6.85. The summed E-state index contributed by atoms with van der Waals surface area (Å²) < 4.78 is 83.7. The van der Waals surface area contributed by atoms with Gasteiger partial charge in [-0.15, -0.1) is 0 Å². The van der Waals surface area contributed by atoms with E-state index >= 15 is 0 Å². The normalized spacial score (nSPS) is 19.4. The summed E-state index contributed by atoms with van der Waals surface area (Å²) in [7, 11) is 1.49. The van der Waals surface area contributed by atoms with Gasteiger partial charge < -0.3 is 15.0 Å². The third-order valence-electron chi connectivity index (χ3n) is 5.09. The predicted octanol–water partition coefficient (Wildman–Crippen LogP) is 6.35. The minimum atomic E-state index is -4.99. The van der Waals surface area contributed by atoms with Crippen LogP contribution in [0, 0.1) is 5.92 Å². The fourth-order valence-electron chi connectivity index (χ4n) is 3.66. The lowest BCUT2D eigenvalue weighted by Crippen LogP contribution is -2.35. The fourth-order valence-corrected chi connectivity index (χ4v) is 3.66. The van der Waals surface area contributed by atoms with Crippen molar-refractivity contribution in [3.63, 3.8) is 0 Å². The van der Waals surface area contributed by atoms with Gasteiger partial charge in [0.2, 0.25) is 0 Å². The number of methoxy groups -OCH3 is 1. The predicted molar refractivity (Wildman–Crippen MR) is 102 cm³/mol. The molecule has 0 radical (unpaired) electrons. The molecule has 168 valence electrons. The molecule has 2 atom stereocenters. The van der Waals surface area contributed by atoms with Gasteiger partial charge in [-0.25, -0.2) is 4.79 Å². The summed E-state index contributed by atoms with van der Waals surface area (Å²) in [6.07, 6.45) is -9.39. The Bertz CT molecular complexity index is 925. The van der Waals surface area contributed by atoms with Crippen LogP contribution in [0.5, 0.6) is 5.75 Å². The number of nitrogens with zero attached hydrogens (tertiary/aromatic N) is 1. The molecule has 1 fully saturated rings. The standard InChI is InChI=1S/C21H20F6N2O2/c1-12-6-18(13-4-3-5-17(7-13)31-2)29(11-12)19(30)28-16-9-14(20(22,23)24)8-15(10-16)21(25,26)27/h3-5,7-10,12,18H,6,11H2,1-2H3,(H,28,30)/t12?,18-/m0/s1. The topological polar surface area (TPSA) is 41.6 Å². The number of halogens is 6. The van der Waals surface area contributed by atoms with E-state index < -0.39 is 41.2 Å². The first-order valence-electron chi connectivity index (χ1n) is 9.39. The van der Waals surface area contributed by atoms with Gasteiger partial charge in [-0.2, -0.15) is 26.3 Å². The molecule has 1 saturated heterocycles. The number of anilines is 1. The number of hydrogen-bond donors (Lipinski definition) is 1. The Labute approximate surface area is 174 Å². The maximum atomic E-state index is 13.1. The molecular weight excluding hydrogens is 426 g/mol. The highest BCUT2D eigenvalue weighted by Gasteiger charge is 2.38. The molecule has 1 aliphatic rings. The zero-order valence-corrected chi connectivity index (χ0v) is 16.6. The van der Waals surface area contributed by atoms with Crippen molar-refractivity contribution in [2.75, 3.05) is 19.0 Å². The molecule has 2 aromatic carbocycles. The zero-order valence-electron chi connectivity index (χ0n) is 16.6. The van der Waals surface area contributed by atoms with E-state index in [0.29, 0.717) is 30.8 Å². The van der Waals surface area contributed by atoms with E-state index in [9.17, 15) is 31.1 Å². The molecule has 2 aromatic rings. The average molecular weight is 446 g/mol. The number of benzene rings is 2. The molecule has 1 unspecified atom stereocenters. The van der Waals surface area contributed by atoms with Crippen LogP contribution < -0.4 is 10.1 Å². The summed E-state index contributed by atoms with van der Waals surface area (Å²) >= 11 is 0. The largest absolute Gasteiger partial charge is 0.497 e. The maximum absolute atomic E-state index is 13.1. The minimum absolute atomic E-state index is 0.0205. The van der Waals surface area contributed by atoms with Crippen LogP contribution in [0.2, 0.25) is 0 Å². The number of alkyl halides is 6. The van der Waals surface area contributed by atoms with E-state index in [1.807, 2.05) is 6.92 Å². The highest BCUT2D eigenvalue weighted by Crippen LogP contribution is 2.39.